The van der Waals surface area contributed by atoms with E-state index in [4.69, 9.17) is 5.73 Å². The fraction of sp³-hybridized carbons (Fsp3) is 0.176. The molecule has 2 aromatic rings. The van der Waals surface area contributed by atoms with E-state index in [1.165, 1.54) is 29.2 Å². The Bertz CT molecular complexity index is 746. The molecular formula is C17H16FN3O2. The molecule has 23 heavy (non-hydrogen) atoms. The van der Waals surface area contributed by atoms with Crippen LogP contribution in [0.25, 0.3) is 0 Å². The van der Waals surface area contributed by atoms with Gasteiger partial charge in [0, 0.05) is 18.7 Å². The summed E-state index contributed by atoms with van der Waals surface area (Å²) in [6.45, 7) is 0.302. The van der Waals surface area contributed by atoms with Crippen LogP contribution in [0.2, 0.25) is 0 Å². The second kappa shape index (κ2) is 6.08. The van der Waals surface area contributed by atoms with Crippen molar-refractivity contribution >= 4 is 17.6 Å². The number of hydrogen-bond acceptors (Lipinski definition) is 2. The summed E-state index contributed by atoms with van der Waals surface area (Å²) in [4.78, 5) is 25.6. The number of carbonyl (C=O) groups is 2. The summed E-state index contributed by atoms with van der Waals surface area (Å²) in [6.07, 6.45) is 0.391. The predicted molar refractivity (Wildman–Crippen MR) is 84.1 cm³/mol. The Morgan fingerprint density at radius 2 is 1.74 bits per heavy atom. The maximum absolute atomic E-state index is 12.9. The lowest BCUT2D eigenvalue weighted by molar-refractivity contribution is -0.122. The second-order valence-corrected chi connectivity index (χ2v) is 5.46. The van der Waals surface area contributed by atoms with Crippen molar-refractivity contribution in [2.75, 3.05) is 5.32 Å². The zero-order valence-electron chi connectivity index (χ0n) is 12.3. The summed E-state index contributed by atoms with van der Waals surface area (Å²) in [5.74, 6) is -0.932. The van der Waals surface area contributed by atoms with E-state index < -0.39 is 18.0 Å². The van der Waals surface area contributed by atoms with Crippen LogP contribution in [-0.4, -0.2) is 22.9 Å². The molecule has 5 nitrogen and oxygen atoms in total. The number of carbonyl (C=O) groups excluding carboxylic acids is 2. The quantitative estimate of drug-likeness (QED) is 0.892. The summed E-state index contributed by atoms with van der Waals surface area (Å²) in [5.41, 5.74) is 7.91. The van der Waals surface area contributed by atoms with E-state index in [9.17, 15) is 14.0 Å². The third-order valence-electron chi connectivity index (χ3n) is 3.93. The van der Waals surface area contributed by atoms with Gasteiger partial charge < -0.3 is 16.0 Å². The normalized spacial score (nSPS) is 16.6. The number of rotatable bonds is 2. The van der Waals surface area contributed by atoms with Crippen molar-refractivity contribution in [3.05, 3.63) is 65.5 Å². The van der Waals surface area contributed by atoms with Gasteiger partial charge in [0.15, 0.2) is 0 Å². The average Bonchev–Trinajstić information content (AvgIpc) is 2.55. The van der Waals surface area contributed by atoms with Crippen molar-refractivity contribution in [3.63, 3.8) is 0 Å². The van der Waals surface area contributed by atoms with Crippen molar-refractivity contribution in [3.8, 4) is 0 Å². The van der Waals surface area contributed by atoms with Gasteiger partial charge in [0.25, 0.3) is 0 Å². The fourth-order valence-electron chi connectivity index (χ4n) is 2.72. The molecule has 1 aliphatic heterocycles. The van der Waals surface area contributed by atoms with Crippen LogP contribution in [0, 0.1) is 5.82 Å². The first-order chi connectivity index (χ1) is 11.0. The van der Waals surface area contributed by atoms with E-state index in [-0.39, 0.29) is 5.82 Å². The van der Waals surface area contributed by atoms with Gasteiger partial charge >= 0.3 is 6.03 Å². The minimum absolute atomic E-state index is 0.302. The summed E-state index contributed by atoms with van der Waals surface area (Å²) in [6, 6.07) is 11.9. The average molecular weight is 313 g/mol. The number of anilines is 1. The van der Waals surface area contributed by atoms with Crippen LogP contribution in [0.5, 0.6) is 0 Å². The minimum atomic E-state index is -0.703. The van der Waals surface area contributed by atoms with Gasteiger partial charge in [-0.15, -0.1) is 0 Å². The zero-order valence-corrected chi connectivity index (χ0v) is 12.3. The number of primary amides is 1. The zero-order chi connectivity index (χ0) is 16.4. The summed E-state index contributed by atoms with van der Waals surface area (Å²) in [7, 11) is 0. The Morgan fingerprint density at radius 1 is 1.09 bits per heavy atom. The van der Waals surface area contributed by atoms with Gasteiger partial charge in [-0.05, 0) is 35.4 Å². The van der Waals surface area contributed by atoms with E-state index in [1.54, 1.807) is 0 Å². The lowest BCUT2D eigenvalue weighted by Gasteiger charge is -2.35. The van der Waals surface area contributed by atoms with Crippen molar-refractivity contribution < 1.29 is 14.0 Å². The Hall–Kier alpha value is -2.89. The SMILES string of the molecule is NC(=O)[C@@H]1Cc2ccccc2CN1C(=O)Nc1ccc(F)cc1. The summed E-state index contributed by atoms with van der Waals surface area (Å²) >= 11 is 0. The van der Waals surface area contributed by atoms with Crippen molar-refractivity contribution in [2.24, 2.45) is 5.73 Å². The first-order valence-corrected chi connectivity index (χ1v) is 7.24. The number of amides is 3. The van der Waals surface area contributed by atoms with E-state index in [0.29, 0.717) is 18.7 Å². The van der Waals surface area contributed by atoms with E-state index >= 15 is 0 Å². The third kappa shape index (κ3) is 3.15. The predicted octanol–water partition coefficient (Wildman–Crippen LogP) is 2.27. The second-order valence-electron chi connectivity index (χ2n) is 5.46. The van der Waals surface area contributed by atoms with Crippen LogP contribution < -0.4 is 11.1 Å². The van der Waals surface area contributed by atoms with Crippen LogP contribution in [0.3, 0.4) is 0 Å². The van der Waals surface area contributed by atoms with E-state index in [1.807, 2.05) is 24.3 Å². The number of benzene rings is 2. The Balaban J connectivity index is 1.83. The summed E-state index contributed by atoms with van der Waals surface area (Å²) in [5, 5.41) is 2.67. The molecule has 0 aliphatic carbocycles. The maximum atomic E-state index is 12.9. The standard InChI is InChI=1S/C17H16FN3O2/c18-13-5-7-14(8-6-13)20-17(23)21-10-12-4-2-1-3-11(12)9-15(21)16(19)22/h1-8,15H,9-10H2,(H2,19,22)(H,20,23)/t15-/m0/s1. The molecule has 0 spiro atoms. The molecular weight excluding hydrogens is 297 g/mol. The molecule has 0 fully saturated rings. The monoisotopic (exact) mass is 313 g/mol. The van der Waals surface area contributed by atoms with E-state index in [2.05, 4.69) is 5.32 Å². The molecule has 6 heteroatoms. The highest BCUT2D eigenvalue weighted by molar-refractivity contribution is 5.93. The van der Waals surface area contributed by atoms with Crippen molar-refractivity contribution in [2.45, 2.75) is 19.0 Å². The maximum Gasteiger partial charge on any atom is 0.322 e. The van der Waals surface area contributed by atoms with Gasteiger partial charge in [0.05, 0.1) is 0 Å². The lowest BCUT2D eigenvalue weighted by Crippen LogP contribution is -2.52. The molecule has 0 bridgehead atoms. The molecule has 118 valence electrons. The molecule has 0 radical (unpaired) electrons. The van der Waals surface area contributed by atoms with Crippen LogP contribution in [-0.2, 0) is 17.8 Å². The number of hydrogen-bond donors (Lipinski definition) is 2. The van der Waals surface area contributed by atoms with Crippen LogP contribution in [0.15, 0.2) is 48.5 Å². The molecule has 0 aromatic heterocycles. The highest BCUT2D eigenvalue weighted by Crippen LogP contribution is 2.24. The number of fused-ring (bicyclic) bond motifs is 1. The molecule has 3 rings (SSSR count). The van der Waals surface area contributed by atoms with Gasteiger partial charge in [0.1, 0.15) is 11.9 Å². The smallest absolute Gasteiger partial charge is 0.322 e. The first-order valence-electron chi connectivity index (χ1n) is 7.24. The molecule has 0 unspecified atom stereocenters. The molecule has 1 heterocycles. The van der Waals surface area contributed by atoms with Gasteiger partial charge in [-0.2, -0.15) is 0 Å². The molecule has 1 aliphatic rings. The highest BCUT2D eigenvalue weighted by atomic mass is 19.1. The molecule has 1 atom stereocenters. The minimum Gasteiger partial charge on any atom is -0.368 e. The number of nitrogens with two attached hydrogens (primary N) is 1. The number of nitrogens with zero attached hydrogens (tertiary/aromatic N) is 1. The van der Waals surface area contributed by atoms with Gasteiger partial charge in [-0.3, -0.25) is 4.79 Å². The number of halogens is 1. The third-order valence-corrected chi connectivity index (χ3v) is 3.93. The van der Waals surface area contributed by atoms with Gasteiger partial charge in [-0.1, -0.05) is 24.3 Å². The topological polar surface area (TPSA) is 75.4 Å². The van der Waals surface area contributed by atoms with Crippen LogP contribution >= 0.6 is 0 Å². The Morgan fingerprint density at radius 3 is 2.39 bits per heavy atom. The number of urea groups is 1. The largest absolute Gasteiger partial charge is 0.368 e. The molecule has 0 saturated carbocycles. The van der Waals surface area contributed by atoms with Crippen molar-refractivity contribution in [1.29, 1.82) is 0 Å². The molecule has 3 amide bonds. The van der Waals surface area contributed by atoms with Crippen LogP contribution in [0.4, 0.5) is 14.9 Å². The van der Waals surface area contributed by atoms with Gasteiger partial charge in [-0.25, -0.2) is 9.18 Å². The van der Waals surface area contributed by atoms with Crippen LogP contribution in [0.1, 0.15) is 11.1 Å². The fourth-order valence-corrected chi connectivity index (χ4v) is 2.72. The van der Waals surface area contributed by atoms with Crippen molar-refractivity contribution in [1.82, 2.24) is 4.90 Å². The lowest BCUT2D eigenvalue weighted by atomic mass is 9.94. The number of nitrogens with one attached hydrogen (secondary N) is 1. The summed E-state index contributed by atoms with van der Waals surface area (Å²) < 4.78 is 12.9. The van der Waals surface area contributed by atoms with E-state index in [0.717, 1.165) is 11.1 Å². The Labute approximate surface area is 132 Å². The first kappa shape index (κ1) is 15.0. The Kier molecular flexibility index (Phi) is 3.97. The molecule has 3 N–H and O–H groups in total. The van der Waals surface area contributed by atoms with Gasteiger partial charge in [0.2, 0.25) is 5.91 Å². The highest BCUT2D eigenvalue weighted by Gasteiger charge is 2.33. The molecule has 2 aromatic carbocycles. The molecule has 0 saturated heterocycles.